The molecule has 21 heavy (non-hydrogen) atoms. The molecule has 0 amide bonds. The van der Waals surface area contributed by atoms with E-state index >= 15 is 0 Å². The minimum atomic E-state index is 0. The maximum atomic E-state index is 5.20. The first-order chi connectivity index (χ1) is 9.53. The quantitative estimate of drug-likeness (QED) is 0.434. The summed E-state index contributed by atoms with van der Waals surface area (Å²) >= 11 is 0. The third kappa shape index (κ3) is 6.54. The molecule has 0 aliphatic heterocycles. The van der Waals surface area contributed by atoms with Crippen LogP contribution >= 0.6 is 24.0 Å². The summed E-state index contributed by atoms with van der Waals surface area (Å²) in [5, 5.41) is 6.66. The van der Waals surface area contributed by atoms with Crippen LogP contribution < -0.4 is 15.4 Å². The minimum Gasteiger partial charge on any atom is -0.497 e. The van der Waals surface area contributed by atoms with Crippen molar-refractivity contribution in [1.82, 2.24) is 10.6 Å². The number of nitrogens with zero attached hydrogens (tertiary/aromatic N) is 1. The topological polar surface area (TPSA) is 45.7 Å². The molecule has 0 bridgehead atoms. The highest BCUT2D eigenvalue weighted by molar-refractivity contribution is 14.0. The largest absolute Gasteiger partial charge is 0.497 e. The van der Waals surface area contributed by atoms with Crippen molar-refractivity contribution in [3.8, 4) is 5.75 Å². The summed E-state index contributed by atoms with van der Waals surface area (Å²) in [5.41, 5.74) is 1.30. The van der Waals surface area contributed by atoms with Crippen molar-refractivity contribution >= 4 is 29.9 Å². The Kier molecular flexibility index (Phi) is 9.41. The van der Waals surface area contributed by atoms with E-state index in [4.69, 9.17) is 4.74 Å². The zero-order valence-corrected chi connectivity index (χ0v) is 16.0. The van der Waals surface area contributed by atoms with E-state index in [-0.39, 0.29) is 29.4 Å². The summed E-state index contributed by atoms with van der Waals surface area (Å²) in [4.78, 5) is 4.22. The fourth-order valence-electron chi connectivity index (χ4n) is 1.91. The second-order valence-electron chi connectivity index (χ2n) is 5.46. The molecule has 4 nitrogen and oxygen atoms in total. The van der Waals surface area contributed by atoms with Crippen molar-refractivity contribution in [1.29, 1.82) is 0 Å². The standard InChI is InChI=1S/C16H27N3O.HI/c1-6-11-18-15(17-4)19-12-16(2,3)13-7-9-14(20-5)10-8-13;/h7-10H,6,11-12H2,1-5H3,(H2,17,18,19);1H. The number of aliphatic imine (C=N–C) groups is 1. The highest BCUT2D eigenvalue weighted by Crippen LogP contribution is 2.24. The van der Waals surface area contributed by atoms with Gasteiger partial charge >= 0.3 is 0 Å². The Morgan fingerprint density at radius 2 is 1.81 bits per heavy atom. The van der Waals surface area contributed by atoms with Crippen LogP contribution in [0.5, 0.6) is 5.75 Å². The molecule has 0 heterocycles. The summed E-state index contributed by atoms with van der Waals surface area (Å²) in [6, 6.07) is 8.23. The molecule has 1 rings (SSSR count). The van der Waals surface area contributed by atoms with E-state index in [0.29, 0.717) is 0 Å². The SMILES string of the molecule is CCCNC(=NC)NCC(C)(C)c1ccc(OC)cc1.I. The fourth-order valence-corrected chi connectivity index (χ4v) is 1.91. The zero-order valence-electron chi connectivity index (χ0n) is 13.7. The maximum absolute atomic E-state index is 5.20. The summed E-state index contributed by atoms with van der Waals surface area (Å²) in [7, 11) is 3.48. The van der Waals surface area contributed by atoms with Gasteiger partial charge in [-0.15, -0.1) is 24.0 Å². The number of nitrogens with one attached hydrogen (secondary N) is 2. The molecule has 0 saturated carbocycles. The lowest BCUT2D eigenvalue weighted by Gasteiger charge is -2.27. The Morgan fingerprint density at radius 3 is 2.29 bits per heavy atom. The van der Waals surface area contributed by atoms with Crippen molar-refractivity contribution in [2.75, 3.05) is 27.2 Å². The number of benzene rings is 1. The van der Waals surface area contributed by atoms with Gasteiger partial charge in [0.15, 0.2) is 5.96 Å². The fraction of sp³-hybridized carbons (Fsp3) is 0.562. The summed E-state index contributed by atoms with van der Waals surface area (Å²) < 4.78 is 5.20. The molecule has 0 unspecified atom stereocenters. The summed E-state index contributed by atoms with van der Waals surface area (Å²) in [6.45, 7) is 8.33. The predicted octanol–water partition coefficient (Wildman–Crippen LogP) is 3.17. The Labute approximate surface area is 145 Å². The number of halogens is 1. The molecule has 0 aliphatic rings. The van der Waals surface area contributed by atoms with Crippen LogP contribution in [-0.2, 0) is 5.41 Å². The summed E-state index contributed by atoms with van der Waals surface area (Å²) in [5.74, 6) is 1.74. The molecular formula is C16H28IN3O. The first kappa shape index (κ1) is 20.0. The van der Waals surface area contributed by atoms with Crippen LogP contribution in [0.15, 0.2) is 29.3 Å². The van der Waals surface area contributed by atoms with Gasteiger partial charge in [-0.05, 0) is 24.1 Å². The van der Waals surface area contributed by atoms with Crippen LogP contribution in [0.1, 0.15) is 32.8 Å². The second-order valence-corrected chi connectivity index (χ2v) is 5.46. The molecule has 2 N–H and O–H groups in total. The van der Waals surface area contributed by atoms with Gasteiger partial charge < -0.3 is 15.4 Å². The number of hydrogen-bond acceptors (Lipinski definition) is 2. The van der Waals surface area contributed by atoms with Gasteiger partial charge in [0.2, 0.25) is 0 Å². The monoisotopic (exact) mass is 405 g/mol. The molecule has 0 atom stereocenters. The van der Waals surface area contributed by atoms with Gasteiger partial charge in [0.1, 0.15) is 5.75 Å². The molecule has 0 aliphatic carbocycles. The van der Waals surface area contributed by atoms with Crippen LogP contribution in [0.3, 0.4) is 0 Å². The van der Waals surface area contributed by atoms with Gasteiger partial charge in [0.25, 0.3) is 0 Å². The van der Waals surface area contributed by atoms with Crippen LogP contribution in [0, 0.1) is 0 Å². The predicted molar refractivity (Wildman–Crippen MR) is 101 cm³/mol. The smallest absolute Gasteiger partial charge is 0.191 e. The van der Waals surface area contributed by atoms with Crippen molar-refractivity contribution < 1.29 is 4.74 Å². The third-order valence-corrected chi connectivity index (χ3v) is 3.34. The van der Waals surface area contributed by atoms with E-state index < -0.39 is 0 Å². The van der Waals surface area contributed by atoms with E-state index in [1.807, 2.05) is 12.1 Å². The van der Waals surface area contributed by atoms with Gasteiger partial charge in [-0.25, -0.2) is 0 Å². The first-order valence-electron chi connectivity index (χ1n) is 7.12. The molecule has 5 heteroatoms. The van der Waals surface area contributed by atoms with E-state index in [1.54, 1.807) is 14.2 Å². The molecule has 0 saturated heterocycles. The molecule has 0 spiro atoms. The molecule has 120 valence electrons. The van der Waals surface area contributed by atoms with Gasteiger partial charge in [0.05, 0.1) is 7.11 Å². The van der Waals surface area contributed by atoms with Crippen molar-refractivity contribution in [2.45, 2.75) is 32.6 Å². The number of ether oxygens (including phenoxy) is 1. The lowest BCUT2D eigenvalue weighted by molar-refractivity contribution is 0.414. The highest BCUT2D eigenvalue weighted by Gasteiger charge is 2.20. The van der Waals surface area contributed by atoms with E-state index in [0.717, 1.165) is 31.2 Å². The molecule has 0 radical (unpaired) electrons. The molecule has 0 fully saturated rings. The maximum Gasteiger partial charge on any atom is 0.191 e. The average molecular weight is 405 g/mol. The van der Waals surface area contributed by atoms with Gasteiger partial charge in [-0.1, -0.05) is 32.9 Å². The number of guanidine groups is 1. The van der Waals surface area contributed by atoms with Gasteiger partial charge in [-0.3, -0.25) is 4.99 Å². The zero-order chi connectivity index (χ0) is 15.0. The lowest BCUT2D eigenvalue weighted by atomic mass is 9.84. The third-order valence-electron chi connectivity index (χ3n) is 3.34. The Balaban J connectivity index is 0.00000400. The average Bonchev–Trinajstić information content (AvgIpc) is 2.47. The molecular weight excluding hydrogens is 377 g/mol. The van der Waals surface area contributed by atoms with Gasteiger partial charge in [0, 0.05) is 25.6 Å². The normalized spacial score (nSPS) is 11.6. The highest BCUT2D eigenvalue weighted by atomic mass is 127. The van der Waals surface area contributed by atoms with Crippen molar-refractivity contribution in [3.63, 3.8) is 0 Å². The minimum absolute atomic E-state index is 0. The Hall–Kier alpha value is -0.980. The molecule has 0 aromatic heterocycles. The van der Waals surface area contributed by atoms with E-state index in [2.05, 4.69) is 48.5 Å². The van der Waals surface area contributed by atoms with Crippen molar-refractivity contribution in [2.24, 2.45) is 4.99 Å². The van der Waals surface area contributed by atoms with Crippen LogP contribution in [0.4, 0.5) is 0 Å². The first-order valence-corrected chi connectivity index (χ1v) is 7.12. The van der Waals surface area contributed by atoms with Crippen LogP contribution in [0.25, 0.3) is 0 Å². The number of methoxy groups -OCH3 is 1. The number of hydrogen-bond donors (Lipinski definition) is 2. The van der Waals surface area contributed by atoms with E-state index in [1.165, 1.54) is 5.56 Å². The number of rotatable bonds is 6. The van der Waals surface area contributed by atoms with Crippen LogP contribution in [-0.4, -0.2) is 33.2 Å². The Morgan fingerprint density at radius 1 is 1.19 bits per heavy atom. The lowest BCUT2D eigenvalue weighted by Crippen LogP contribution is -2.43. The second kappa shape index (κ2) is 9.87. The van der Waals surface area contributed by atoms with Crippen molar-refractivity contribution in [3.05, 3.63) is 29.8 Å². The summed E-state index contributed by atoms with van der Waals surface area (Å²) in [6.07, 6.45) is 1.09. The van der Waals surface area contributed by atoms with E-state index in [9.17, 15) is 0 Å². The molecule has 1 aromatic rings. The van der Waals surface area contributed by atoms with Gasteiger partial charge in [-0.2, -0.15) is 0 Å². The van der Waals surface area contributed by atoms with Crippen LogP contribution in [0.2, 0.25) is 0 Å². The Bertz CT molecular complexity index is 430. The molecule has 1 aromatic carbocycles.